The van der Waals surface area contributed by atoms with Gasteiger partial charge in [0.2, 0.25) is 0 Å². The maximum absolute atomic E-state index is 5.62. The van der Waals surface area contributed by atoms with Gasteiger partial charge in [-0.1, -0.05) is 6.07 Å². The molecule has 0 aliphatic heterocycles. The van der Waals surface area contributed by atoms with Crippen molar-refractivity contribution < 1.29 is 9.47 Å². The van der Waals surface area contributed by atoms with Crippen LogP contribution in [0.15, 0.2) is 29.3 Å². The molecule has 6 heteroatoms. The van der Waals surface area contributed by atoms with Crippen molar-refractivity contribution in [2.24, 2.45) is 4.99 Å². The molecule has 0 fully saturated rings. The van der Waals surface area contributed by atoms with Crippen LogP contribution in [0.5, 0.6) is 11.5 Å². The molecule has 1 aromatic rings. The van der Waals surface area contributed by atoms with E-state index in [0.29, 0.717) is 6.61 Å². The molecule has 0 saturated heterocycles. The fraction of sp³-hybridized carbons (Fsp3) is 0.462. The number of rotatable bonds is 6. The van der Waals surface area contributed by atoms with Crippen molar-refractivity contribution in [2.75, 3.05) is 34.4 Å². The molecular weight excluding hydrogens is 357 g/mol. The lowest BCUT2D eigenvalue weighted by Gasteiger charge is -2.10. The van der Waals surface area contributed by atoms with Crippen LogP contribution in [0.25, 0.3) is 0 Å². The van der Waals surface area contributed by atoms with Crippen molar-refractivity contribution >= 4 is 29.9 Å². The minimum absolute atomic E-state index is 0. The van der Waals surface area contributed by atoms with Crippen LogP contribution in [0.4, 0.5) is 0 Å². The summed E-state index contributed by atoms with van der Waals surface area (Å²) < 4.78 is 10.7. The Kier molecular flexibility index (Phi) is 10.1. The van der Waals surface area contributed by atoms with Gasteiger partial charge in [-0.05, 0) is 18.6 Å². The van der Waals surface area contributed by atoms with Crippen LogP contribution in [0, 0.1) is 0 Å². The van der Waals surface area contributed by atoms with Gasteiger partial charge >= 0.3 is 0 Å². The van der Waals surface area contributed by atoms with Gasteiger partial charge in [-0.2, -0.15) is 0 Å². The fourth-order valence-electron chi connectivity index (χ4n) is 1.44. The van der Waals surface area contributed by atoms with Crippen molar-refractivity contribution in [3.05, 3.63) is 24.3 Å². The Morgan fingerprint density at radius 1 is 1.32 bits per heavy atom. The smallest absolute Gasteiger partial charge is 0.190 e. The molecule has 1 rings (SSSR count). The standard InChI is InChI=1S/C13H21N3O2.HI/c1-14-13(15-2)16-8-5-9-18-12-7-4-6-11(10-12)17-3;/h4,6-7,10H,5,8-9H2,1-3H3,(H2,14,15,16);1H. The number of hydrogen-bond donors (Lipinski definition) is 2. The number of hydrogen-bond acceptors (Lipinski definition) is 3. The van der Waals surface area contributed by atoms with Gasteiger partial charge in [-0.3, -0.25) is 4.99 Å². The predicted octanol–water partition coefficient (Wildman–Crippen LogP) is 1.88. The lowest BCUT2D eigenvalue weighted by molar-refractivity contribution is 0.308. The van der Waals surface area contributed by atoms with Crippen molar-refractivity contribution in [3.63, 3.8) is 0 Å². The van der Waals surface area contributed by atoms with Gasteiger partial charge in [0, 0.05) is 26.7 Å². The highest BCUT2D eigenvalue weighted by atomic mass is 127. The number of nitrogens with zero attached hydrogens (tertiary/aromatic N) is 1. The van der Waals surface area contributed by atoms with E-state index in [-0.39, 0.29) is 24.0 Å². The topological polar surface area (TPSA) is 54.9 Å². The van der Waals surface area contributed by atoms with E-state index in [0.717, 1.165) is 30.4 Å². The van der Waals surface area contributed by atoms with Gasteiger partial charge in [0.1, 0.15) is 11.5 Å². The van der Waals surface area contributed by atoms with E-state index in [1.54, 1.807) is 14.2 Å². The predicted molar refractivity (Wildman–Crippen MR) is 88.9 cm³/mol. The first-order chi connectivity index (χ1) is 8.80. The molecule has 1 aromatic carbocycles. The summed E-state index contributed by atoms with van der Waals surface area (Å²) in [5.41, 5.74) is 0. The maximum Gasteiger partial charge on any atom is 0.190 e. The molecule has 0 amide bonds. The van der Waals surface area contributed by atoms with Gasteiger partial charge in [0.05, 0.1) is 13.7 Å². The van der Waals surface area contributed by atoms with Crippen LogP contribution < -0.4 is 20.1 Å². The Morgan fingerprint density at radius 3 is 2.68 bits per heavy atom. The molecule has 5 nitrogen and oxygen atoms in total. The Balaban J connectivity index is 0.00000324. The molecule has 0 bridgehead atoms. The molecular formula is C13H22IN3O2. The highest BCUT2D eigenvalue weighted by Gasteiger charge is 1.97. The van der Waals surface area contributed by atoms with Crippen LogP contribution in [0.2, 0.25) is 0 Å². The third kappa shape index (κ3) is 7.09. The summed E-state index contributed by atoms with van der Waals surface area (Å²) in [6.45, 7) is 1.47. The molecule has 0 saturated carbocycles. The zero-order valence-electron chi connectivity index (χ0n) is 11.6. The van der Waals surface area contributed by atoms with Crippen LogP contribution >= 0.6 is 24.0 Å². The molecule has 0 aliphatic rings. The van der Waals surface area contributed by atoms with Gasteiger partial charge in [0.25, 0.3) is 0 Å². The van der Waals surface area contributed by atoms with Crippen molar-refractivity contribution in [1.82, 2.24) is 10.6 Å². The third-order valence-electron chi connectivity index (χ3n) is 2.38. The molecule has 0 atom stereocenters. The van der Waals surface area contributed by atoms with E-state index in [1.807, 2.05) is 31.3 Å². The van der Waals surface area contributed by atoms with Gasteiger partial charge in [-0.15, -0.1) is 24.0 Å². The van der Waals surface area contributed by atoms with E-state index in [4.69, 9.17) is 9.47 Å². The molecule has 0 aliphatic carbocycles. The minimum atomic E-state index is 0. The second-order valence-corrected chi connectivity index (χ2v) is 3.63. The lowest BCUT2D eigenvalue weighted by atomic mass is 10.3. The summed E-state index contributed by atoms with van der Waals surface area (Å²) in [4.78, 5) is 4.02. The summed E-state index contributed by atoms with van der Waals surface area (Å²) in [5.74, 6) is 2.42. The second kappa shape index (κ2) is 10.7. The van der Waals surface area contributed by atoms with Gasteiger partial charge in [0.15, 0.2) is 5.96 Å². The zero-order valence-corrected chi connectivity index (χ0v) is 13.9. The first-order valence-corrected chi connectivity index (χ1v) is 5.95. The maximum atomic E-state index is 5.62. The van der Waals surface area contributed by atoms with E-state index >= 15 is 0 Å². The summed E-state index contributed by atoms with van der Waals surface area (Å²) >= 11 is 0. The SMILES string of the molecule is CN=C(NC)NCCCOc1cccc(OC)c1.I. The number of aliphatic imine (C=N–C) groups is 1. The fourth-order valence-corrected chi connectivity index (χ4v) is 1.44. The van der Waals surface area contributed by atoms with E-state index in [1.165, 1.54) is 0 Å². The summed E-state index contributed by atoms with van der Waals surface area (Å²) in [6, 6.07) is 7.60. The zero-order chi connectivity index (χ0) is 13.2. The molecule has 0 heterocycles. The summed E-state index contributed by atoms with van der Waals surface area (Å²) in [6.07, 6.45) is 0.901. The molecule has 19 heavy (non-hydrogen) atoms. The lowest BCUT2D eigenvalue weighted by Crippen LogP contribution is -2.35. The largest absolute Gasteiger partial charge is 0.497 e. The molecule has 0 spiro atoms. The number of methoxy groups -OCH3 is 1. The van der Waals surface area contributed by atoms with Crippen molar-refractivity contribution in [1.29, 1.82) is 0 Å². The number of ether oxygens (including phenoxy) is 2. The van der Waals surface area contributed by atoms with Crippen LogP contribution in [-0.2, 0) is 0 Å². The number of benzene rings is 1. The number of guanidine groups is 1. The van der Waals surface area contributed by atoms with Crippen LogP contribution in [0.3, 0.4) is 0 Å². The average Bonchev–Trinajstić information content (AvgIpc) is 2.43. The second-order valence-electron chi connectivity index (χ2n) is 3.63. The molecule has 0 aromatic heterocycles. The van der Waals surface area contributed by atoms with Gasteiger partial charge < -0.3 is 20.1 Å². The number of nitrogens with one attached hydrogen (secondary N) is 2. The molecule has 0 radical (unpaired) electrons. The molecule has 2 N–H and O–H groups in total. The Hall–Kier alpha value is -1.18. The number of halogens is 1. The Bertz CT molecular complexity index is 386. The quantitative estimate of drug-likeness (QED) is 0.343. The van der Waals surface area contributed by atoms with Crippen LogP contribution in [0.1, 0.15) is 6.42 Å². The van der Waals surface area contributed by atoms with Crippen molar-refractivity contribution in [2.45, 2.75) is 6.42 Å². The van der Waals surface area contributed by atoms with Gasteiger partial charge in [-0.25, -0.2) is 0 Å². The first kappa shape index (κ1) is 17.8. The normalized spacial score (nSPS) is 10.4. The van der Waals surface area contributed by atoms with E-state index < -0.39 is 0 Å². The van der Waals surface area contributed by atoms with E-state index in [2.05, 4.69) is 15.6 Å². The molecule has 108 valence electrons. The average molecular weight is 379 g/mol. The Morgan fingerprint density at radius 2 is 2.05 bits per heavy atom. The third-order valence-corrected chi connectivity index (χ3v) is 2.38. The monoisotopic (exact) mass is 379 g/mol. The Labute approximate surface area is 131 Å². The highest BCUT2D eigenvalue weighted by Crippen LogP contribution is 2.18. The van der Waals surface area contributed by atoms with Crippen LogP contribution in [-0.4, -0.2) is 40.3 Å². The highest BCUT2D eigenvalue weighted by molar-refractivity contribution is 14.0. The van der Waals surface area contributed by atoms with E-state index in [9.17, 15) is 0 Å². The molecule has 0 unspecified atom stereocenters. The summed E-state index contributed by atoms with van der Waals surface area (Å²) in [5, 5.41) is 6.12. The van der Waals surface area contributed by atoms with Crippen molar-refractivity contribution in [3.8, 4) is 11.5 Å². The minimum Gasteiger partial charge on any atom is -0.497 e. The summed E-state index contributed by atoms with van der Waals surface area (Å²) in [7, 11) is 5.22. The first-order valence-electron chi connectivity index (χ1n) is 5.95.